The van der Waals surface area contributed by atoms with Crippen LogP contribution in [0, 0.1) is 0 Å². The summed E-state index contributed by atoms with van der Waals surface area (Å²) in [5.74, 6) is 0.682. The molecule has 0 radical (unpaired) electrons. The number of benzene rings is 1. The second kappa shape index (κ2) is 7.03. The molecular weight excluding hydrogens is 278 g/mol. The van der Waals surface area contributed by atoms with Crippen LogP contribution in [0.3, 0.4) is 0 Å². The van der Waals surface area contributed by atoms with Crippen molar-refractivity contribution in [3.05, 3.63) is 12.1 Å². The van der Waals surface area contributed by atoms with E-state index in [1.165, 1.54) is 35.4 Å². The van der Waals surface area contributed by atoms with Crippen molar-refractivity contribution < 1.29 is 28.8 Å². The largest absolute Gasteiger partial charge is 0.493 e. The number of hydrogen-bond donors (Lipinski definition) is 2. The number of aliphatic hydroxyl groups is 1. The first-order chi connectivity index (χ1) is 9.89. The number of nitrogens with one attached hydrogen (secondary N) is 1. The zero-order valence-electron chi connectivity index (χ0n) is 12.9. The summed E-state index contributed by atoms with van der Waals surface area (Å²) in [7, 11) is 5.74. The monoisotopic (exact) mass is 299 g/mol. The van der Waals surface area contributed by atoms with Crippen molar-refractivity contribution in [3.8, 4) is 17.2 Å². The van der Waals surface area contributed by atoms with Crippen molar-refractivity contribution in [2.24, 2.45) is 0 Å². The molecule has 118 valence electrons. The van der Waals surface area contributed by atoms with Gasteiger partial charge < -0.3 is 29.4 Å². The molecule has 0 spiro atoms. The Morgan fingerprint density at radius 1 is 1.14 bits per heavy atom. The molecule has 7 heteroatoms. The molecule has 1 atom stereocenters. The van der Waals surface area contributed by atoms with E-state index in [1.807, 2.05) is 0 Å². The first-order valence-corrected chi connectivity index (χ1v) is 6.24. The minimum Gasteiger partial charge on any atom is -0.493 e. The first kappa shape index (κ1) is 16.9. The van der Waals surface area contributed by atoms with E-state index < -0.39 is 11.6 Å². The zero-order chi connectivity index (χ0) is 16.0. The molecule has 0 aromatic heterocycles. The fraction of sp³-hybridized carbons (Fsp3) is 0.500. The lowest BCUT2D eigenvalue weighted by atomic mass is 10.1. The molecule has 0 saturated carbocycles. The Hall–Kier alpha value is -2.15. The summed E-state index contributed by atoms with van der Waals surface area (Å²) in [4.78, 5) is 11.4. The molecule has 2 N–H and O–H groups in total. The maximum atomic E-state index is 11.4. The van der Waals surface area contributed by atoms with Crippen molar-refractivity contribution in [1.29, 1.82) is 0 Å². The van der Waals surface area contributed by atoms with Gasteiger partial charge in [-0.15, -0.1) is 0 Å². The van der Waals surface area contributed by atoms with Gasteiger partial charge in [-0.3, -0.25) is 0 Å². The van der Waals surface area contributed by atoms with Crippen LogP contribution >= 0.6 is 0 Å². The maximum absolute atomic E-state index is 11.4. The molecule has 1 aromatic rings. The molecule has 1 aromatic carbocycles. The molecule has 0 fully saturated rings. The van der Waals surface area contributed by atoms with Gasteiger partial charge in [-0.2, -0.15) is 0 Å². The van der Waals surface area contributed by atoms with Crippen LogP contribution in [-0.2, 0) is 9.53 Å². The smallest absolute Gasteiger partial charge is 0.339 e. The Kier molecular flexibility index (Phi) is 5.66. The Morgan fingerprint density at radius 3 is 2.05 bits per heavy atom. The van der Waals surface area contributed by atoms with Gasteiger partial charge in [0.15, 0.2) is 17.1 Å². The predicted molar refractivity (Wildman–Crippen MR) is 77.2 cm³/mol. The molecule has 0 aliphatic carbocycles. The summed E-state index contributed by atoms with van der Waals surface area (Å²) in [6.45, 7) is 1.34. The zero-order valence-corrected chi connectivity index (χ0v) is 12.9. The summed E-state index contributed by atoms with van der Waals surface area (Å²) < 4.78 is 20.2. The molecule has 21 heavy (non-hydrogen) atoms. The number of carbonyl (C=O) groups excluding carboxylic acids is 1. The highest BCUT2D eigenvalue weighted by atomic mass is 16.5. The van der Waals surface area contributed by atoms with Gasteiger partial charge >= 0.3 is 5.97 Å². The minimum absolute atomic E-state index is 0.0295. The number of methoxy groups -OCH3 is 4. The molecule has 0 heterocycles. The highest BCUT2D eigenvalue weighted by molar-refractivity contribution is 5.79. The third kappa shape index (κ3) is 3.91. The van der Waals surface area contributed by atoms with Gasteiger partial charge in [0.25, 0.3) is 0 Å². The SMILES string of the molecule is COC(=O)C(C)(O)CNc1cc(OC)c(OC)c(OC)c1. The van der Waals surface area contributed by atoms with Crippen LogP contribution in [0.15, 0.2) is 12.1 Å². The summed E-state index contributed by atoms with van der Waals surface area (Å²) in [6, 6.07) is 3.35. The summed E-state index contributed by atoms with van der Waals surface area (Å²) in [5.41, 5.74) is -1.04. The molecule has 7 nitrogen and oxygen atoms in total. The number of anilines is 1. The third-order valence-corrected chi connectivity index (χ3v) is 2.93. The van der Waals surface area contributed by atoms with Gasteiger partial charge in [0.05, 0.1) is 35.0 Å². The molecule has 0 bridgehead atoms. The molecule has 0 aliphatic heterocycles. The Bertz CT molecular complexity index is 475. The van der Waals surface area contributed by atoms with Gasteiger partial charge in [0, 0.05) is 17.8 Å². The van der Waals surface area contributed by atoms with Gasteiger partial charge in [0.1, 0.15) is 0 Å². The second-order valence-corrected chi connectivity index (χ2v) is 4.53. The fourth-order valence-corrected chi connectivity index (χ4v) is 1.75. The van der Waals surface area contributed by atoms with Crippen molar-refractivity contribution >= 4 is 11.7 Å². The van der Waals surface area contributed by atoms with E-state index in [1.54, 1.807) is 12.1 Å². The lowest BCUT2D eigenvalue weighted by Crippen LogP contribution is -2.42. The van der Waals surface area contributed by atoms with Gasteiger partial charge in [-0.1, -0.05) is 0 Å². The van der Waals surface area contributed by atoms with E-state index >= 15 is 0 Å². The first-order valence-electron chi connectivity index (χ1n) is 6.24. The Balaban J connectivity index is 2.97. The summed E-state index contributed by atoms with van der Waals surface area (Å²) >= 11 is 0. The summed E-state index contributed by atoms with van der Waals surface area (Å²) in [6.07, 6.45) is 0. The van der Waals surface area contributed by atoms with Crippen LogP contribution in [0.1, 0.15) is 6.92 Å². The van der Waals surface area contributed by atoms with Crippen molar-refractivity contribution in [3.63, 3.8) is 0 Å². The molecule has 0 saturated heterocycles. The number of ether oxygens (including phenoxy) is 4. The molecule has 0 amide bonds. The molecule has 0 aliphatic rings. The van der Waals surface area contributed by atoms with Crippen molar-refractivity contribution in [1.82, 2.24) is 0 Å². The van der Waals surface area contributed by atoms with Crippen molar-refractivity contribution in [2.75, 3.05) is 40.3 Å². The van der Waals surface area contributed by atoms with Gasteiger partial charge in [0.2, 0.25) is 5.75 Å². The van der Waals surface area contributed by atoms with Crippen molar-refractivity contribution in [2.45, 2.75) is 12.5 Å². The molecule has 1 unspecified atom stereocenters. The highest BCUT2D eigenvalue weighted by Crippen LogP contribution is 2.39. The van der Waals surface area contributed by atoms with E-state index in [-0.39, 0.29) is 6.54 Å². The van der Waals surface area contributed by atoms with Crippen LogP contribution in [0.4, 0.5) is 5.69 Å². The van der Waals surface area contributed by atoms with Crippen LogP contribution in [0.2, 0.25) is 0 Å². The lowest BCUT2D eigenvalue weighted by molar-refractivity contribution is -0.158. The van der Waals surface area contributed by atoms with Crippen LogP contribution in [0.5, 0.6) is 17.2 Å². The van der Waals surface area contributed by atoms with E-state index in [0.29, 0.717) is 22.9 Å². The second-order valence-electron chi connectivity index (χ2n) is 4.53. The van der Waals surface area contributed by atoms with Gasteiger partial charge in [-0.25, -0.2) is 4.79 Å². The third-order valence-electron chi connectivity index (χ3n) is 2.93. The lowest BCUT2D eigenvalue weighted by Gasteiger charge is -2.22. The van der Waals surface area contributed by atoms with E-state index in [0.717, 1.165) is 0 Å². The van der Waals surface area contributed by atoms with E-state index in [4.69, 9.17) is 14.2 Å². The topological polar surface area (TPSA) is 86.3 Å². The van der Waals surface area contributed by atoms with E-state index in [9.17, 15) is 9.90 Å². The quantitative estimate of drug-likeness (QED) is 0.728. The van der Waals surface area contributed by atoms with Crippen LogP contribution < -0.4 is 19.5 Å². The number of hydrogen-bond acceptors (Lipinski definition) is 7. The number of esters is 1. The van der Waals surface area contributed by atoms with Crippen LogP contribution in [-0.4, -0.2) is 51.7 Å². The van der Waals surface area contributed by atoms with Crippen LogP contribution in [0.25, 0.3) is 0 Å². The Morgan fingerprint density at radius 2 is 1.67 bits per heavy atom. The molecule has 1 rings (SSSR count). The van der Waals surface area contributed by atoms with Gasteiger partial charge in [-0.05, 0) is 6.92 Å². The number of rotatable bonds is 7. The number of carbonyl (C=O) groups is 1. The normalized spacial score (nSPS) is 13.0. The predicted octanol–water partition coefficient (Wildman–Crippen LogP) is 1.05. The van der Waals surface area contributed by atoms with E-state index in [2.05, 4.69) is 10.1 Å². The average molecular weight is 299 g/mol. The summed E-state index contributed by atoms with van der Waals surface area (Å²) in [5, 5.41) is 12.9. The highest BCUT2D eigenvalue weighted by Gasteiger charge is 2.31. The molecular formula is C14H21NO6. The fourth-order valence-electron chi connectivity index (χ4n) is 1.75. The average Bonchev–Trinajstić information content (AvgIpc) is 2.50. The minimum atomic E-state index is -1.64. The Labute approximate surface area is 123 Å². The standard InChI is InChI=1S/C14H21NO6/c1-14(17,13(16)21-5)8-15-9-6-10(18-2)12(20-4)11(7-9)19-3/h6-7,15,17H,8H2,1-5H3. The maximum Gasteiger partial charge on any atom is 0.339 e.